The molecule has 0 fully saturated rings. The molecule has 0 spiro atoms. The highest BCUT2D eigenvalue weighted by atomic mass is 19.4. The summed E-state index contributed by atoms with van der Waals surface area (Å²) in [5, 5.41) is -0.140. The highest BCUT2D eigenvalue weighted by Gasteiger charge is 2.35. The number of carbonyl (C=O) groups is 1. The maximum atomic E-state index is 13.3. The maximum absolute atomic E-state index is 13.3. The predicted molar refractivity (Wildman–Crippen MR) is 88.0 cm³/mol. The Labute approximate surface area is 154 Å². The van der Waals surface area contributed by atoms with Crippen LogP contribution in [0.3, 0.4) is 0 Å². The average Bonchev–Trinajstić information content (AvgIpc) is 2.58. The third kappa shape index (κ3) is 3.90. The SMILES string of the molecule is NC(=O)c1ncccc1-c1nc2c(C(F)(F)F)cccc2cc1[CH]C(F)(F)F. The second-order valence-electron chi connectivity index (χ2n) is 5.75. The summed E-state index contributed by atoms with van der Waals surface area (Å²) in [6, 6.07) is 6.50. The molecule has 0 saturated carbocycles. The van der Waals surface area contributed by atoms with E-state index in [1.807, 2.05) is 0 Å². The van der Waals surface area contributed by atoms with Crippen LogP contribution in [-0.2, 0) is 6.18 Å². The summed E-state index contributed by atoms with van der Waals surface area (Å²) in [4.78, 5) is 19.2. The minimum atomic E-state index is -4.78. The number of aromatic nitrogens is 2. The van der Waals surface area contributed by atoms with Crippen molar-refractivity contribution in [2.45, 2.75) is 12.4 Å². The van der Waals surface area contributed by atoms with E-state index in [9.17, 15) is 31.1 Å². The van der Waals surface area contributed by atoms with E-state index < -0.39 is 46.3 Å². The predicted octanol–water partition coefficient (Wildman–Crippen LogP) is 4.53. The van der Waals surface area contributed by atoms with Crippen molar-refractivity contribution in [1.82, 2.24) is 9.97 Å². The van der Waals surface area contributed by atoms with E-state index in [0.29, 0.717) is 0 Å². The molecule has 0 unspecified atom stereocenters. The Hall–Kier alpha value is -3.17. The number of nitrogens with two attached hydrogens (primary N) is 1. The van der Waals surface area contributed by atoms with Gasteiger partial charge in [-0.15, -0.1) is 0 Å². The summed E-state index contributed by atoms with van der Waals surface area (Å²) in [5.41, 5.74) is 1.92. The van der Waals surface area contributed by atoms with Crippen molar-refractivity contribution in [3.05, 3.63) is 65.8 Å². The Bertz CT molecular complexity index is 1060. The number of primary amides is 1. The molecule has 2 aromatic heterocycles. The largest absolute Gasteiger partial charge is 0.418 e. The molecule has 145 valence electrons. The van der Waals surface area contributed by atoms with Crippen molar-refractivity contribution in [2.24, 2.45) is 5.73 Å². The Morgan fingerprint density at radius 2 is 1.75 bits per heavy atom. The fourth-order valence-electron chi connectivity index (χ4n) is 2.74. The van der Waals surface area contributed by atoms with Gasteiger partial charge in [-0.25, -0.2) is 4.98 Å². The molecule has 1 aromatic carbocycles. The molecule has 28 heavy (non-hydrogen) atoms. The number of halogens is 6. The van der Waals surface area contributed by atoms with Crippen LogP contribution in [0.1, 0.15) is 21.6 Å². The van der Waals surface area contributed by atoms with Gasteiger partial charge in [-0.2, -0.15) is 26.3 Å². The van der Waals surface area contributed by atoms with Gasteiger partial charge in [0.2, 0.25) is 0 Å². The number of carbonyl (C=O) groups excluding carboxylic acids is 1. The first kappa shape index (κ1) is 19.6. The number of hydrogen-bond donors (Lipinski definition) is 1. The molecule has 0 aliphatic carbocycles. The van der Waals surface area contributed by atoms with Crippen LogP contribution < -0.4 is 5.73 Å². The Balaban J connectivity index is 2.39. The topological polar surface area (TPSA) is 68.9 Å². The minimum absolute atomic E-state index is 0.104. The van der Waals surface area contributed by atoms with Crippen molar-refractivity contribution >= 4 is 16.8 Å². The first-order chi connectivity index (χ1) is 13.0. The molecule has 3 rings (SSSR count). The van der Waals surface area contributed by atoms with Gasteiger partial charge in [0, 0.05) is 17.1 Å². The number of alkyl halides is 6. The Kier molecular flexibility index (Phi) is 4.74. The van der Waals surface area contributed by atoms with Crippen LogP contribution in [0.2, 0.25) is 0 Å². The van der Waals surface area contributed by atoms with Gasteiger partial charge in [0.25, 0.3) is 5.91 Å². The van der Waals surface area contributed by atoms with Crippen molar-refractivity contribution in [3.63, 3.8) is 0 Å². The van der Waals surface area contributed by atoms with E-state index in [4.69, 9.17) is 5.73 Å². The van der Waals surface area contributed by atoms with Gasteiger partial charge in [-0.3, -0.25) is 9.78 Å². The Morgan fingerprint density at radius 3 is 2.36 bits per heavy atom. The number of para-hydroxylation sites is 1. The molecular formula is C18H10F6N3O. The molecule has 0 saturated heterocycles. The molecule has 2 N–H and O–H groups in total. The van der Waals surface area contributed by atoms with Crippen molar-refractivity contribution in [2.75, 3.05) is 0 Å². The number of benzene rings is 1. The highest BCUT2D eigenvalue weighted by Crippen LogP contribution is 2.38. The molecule has 2 heterocycles. The van der Waals surface area contributed by atoms with E-state index in [1.54, 1.807) is 0 Å². The summed E-state index contributed by atoms with van der Waals surface area (Å²) in [6.07, 6.45) is -8.48. The zero-order valence-corrected chi connectivity index (χ0v) is 13.8. The van der Waals surface area contributed by atoms with Crippen LogP contribution in [0.25, 0.3) is 22.2 Å². The third-order valence-electron chi connectivity index (χ3n) is 3.80. The summed E-state index contributed by atoms with van der Waals surface area (Å²) >= 11 is 0. The fraction of sp³-hybridized carbons (Fsp3) is 0.111. The molecule has 4 nitrogen and oxygen atoms in total. The molecule has 0 bridgehead atoms. The van der Waals surface area contributed by atoms with Gasteiger partial charge in [-0.1, -0.05) is 12.1 Å². The number of hydrogen-bond acceptors (Lipinski definition) is 3. The van der Waals surface area contributed by atoms with E-state index >= 15 is 0 Å². The number of rotatable bonds is 3. The van der Waals surface area contributed by atoms with E-state index in [0.717, 1.165) is 18.2 Å². The molecule has 0 aliphatic heterocycles. The molecule has 0 aliphatic rings. The molecular weight excluding hydrogens is 388 g/mol. The summed E-state index contributed by atoms with van der Waals surface area (Å²) < 4.78 is 78.9. The van der Waals surface area contributed by atoms with E-state index in [-0.39, 0.29) is 17.4 Å². The fourth-order valence-corrected chi connectivity index (χ4v) is 2.74. The third-order valence-corrected chi connectivity index (χ3v) is 3.80. The van der Waals surface area contributed by atoms with Gasteiger partial charge in [-0.05, 0) is 29.8 Å². The lowest BCUT2D eigenvalue weighted by atomic mass is 9.98. The van der Waals surface area contributed by atoms with Crippen LogP contribution in [0.4, 0.5) is 26.3 Å². The lowest BCUT2D eigenvalue weighted by Gasteiger charge is -2.16. The van der Waals surface area contributed by atoms with Gasteiger partial charge >= 0.3 is 12.4 Å². The van der Waals surface area contributed by atoms with Gasteiger partial charge in [0.05, 0.1) is 23.2 Å². The standard InChI is InChI=1S/C18H10F6N3O/c19-17(20,21)8-10-7-9-3-1-5-12(18(22,23)24)14(9)27-13(10)11-4-2-6-26-15(11)16(25)28/h1-8H,(H2,25,28). The van der Waals surface area contributed by atoms with Crippen molar-refractivity contribution in [1.29, 1.82) is 0 Å². The van der Waals surface area contributed by atoms with E-state index in [1.165, 1.54) is 24.4 Å². The van der Waals surface area contributed by atoms with Crippen LogP contribution in [0, 0.1) is 6.42 Å². The number of nitrogens with zero attached hydrogens (tertiary/aromatic N) is 2. The molecule has 1 amide bonds. The van der Waals surface area contributed by atoms with Gasteiger partial charge in [0.1, 0.15) is 5.69 Å². The molecule has 10 heteroatoms. The zero-order valence-electron chi connectivity index (χ0n) is 13.8. The summed E-state index contributed by atoms with van der Waals surface area (Å²) in [6.45, 7) is 0. The minimum Gasteiger partial charge on any atom is -0.364 e. The quantitative estimate of drug-likeness (QED) is 0.659. The average molecular weight is 398 g/mol. The lowest BCUT2D eigenvalue weighted by Crippen LogP contribution is -2.16. The first-order valence-electron chi connectivity index (χ1n) is 7.66. The second-order valence-corrected chi connectivity index (χ2v) is 5.75. The summed E-state index contributed by atoms with van der Waals surface area (Å²) in [5.74, 6) is -1.06. The lowest BCUT2D eigenvalue weighted by molar-refractivity contribution is -0.136. The number of pyridine rings is 2. The first-order valence-corrected chi connectivity index (χ1v) is 7.66. The van der Waals surface area contributed by atoms with Gasteiger partial charge < -0.3 is 5.73 Å². The van der Waals surface area contributed by atoms with E-state index in [2.05, 4.69) is 9.97 Å². The van der Waals surface area contributed by atoms with Crippen LogP contribution in [0.5, 0.6) is 0 Å². The Morgan fingerprint density at radius 1 is 1.04 bits per heavy atom. The molecule has 0 atom stereocenters. The van der Waals surface area contributed by atoms with Crippen molar-refractivity contribution in [3.8, 4) is 11.3 Å². The second kappa shape index (κ2) is 6.77. The molecule has 1 radical (unpaired) electrons. The van der Waals surface area contributed by atoms with Crippen LogP contribution in [-0.4, -0.2) is 22.1 Å². The molecule has 3 aromatic rings. The highest BCUT2D eigenvalue weighted by molar-refractivity contribution is 5.98. The smallest absolute Gasteiger partial charge is 0.364 e. The van der Waals surface area contributed by atoms with Crippen molar-refractivity contribution < 1.29 is 31.1 Å². The summed E-state index contributed by atoms with van der Waals surface area (Å²) in [7, 11) is 0. The zero-order chi connectivity index (χ0) is 20.7. The normalized spacial score (nSPS) is 12.4. The van der Waals surface area contributed by atoms with Crippen LogP contribution in [0.15, 0.2) is 42.6 Å². The van der Waals surface area contributed by atoms with Gasteiger partial charge in [0.15, 0.2) is 0 Å². The maximum Gasteiger partial charge on any atom is 0.418 e. The monoisotopic (exact) mass is 398 g/mol. The number of fused-ring (bicyclic) bond motifs is 1. The van der Waals surface area contributed by atoms with Crippen LogP contribution >= 0.6 is 0 Å². The number of amides is 1.